The first-order valence-corrected chi connectivity index (χ1v) is 17.7. The van der Waals surface area contributed by atoms with Crippen LogP contribution in [-0.2, 0) is 25.2 Å². The van der Waals surface area contributed by atoms with E-state index in [1.807, 2.05) is 13.0 Å². The second-order valence-electron chi connectivity index (χ2n) is 14.3. The largest absolute Gasteiger partial charge is 0.490 e. The molecule has 2 amide bonds. The van der Waals surface area contributed by atoms with Gasteiger partial charge in [-0.2, -0.15) is 0 Å². The van der Waals surface area contributed by atoms with Gasteiger partial charge in [-0.05, 0) is 78.6 Å². The van der Waals surface area contributed by atoms with E-state index in [2.05, 4.69) is 64.3 Å². The first-order valence-electron chi connectivity index (χ1n) is 17.7. The van der Waals surface area contributed by atoms with E-state index in [0.717, 1.165) is 31.3 Å². The number of nitro groups is 1. The number of ketones is 1. The van der Waals surface area contributed by atoms with Crippen LogP contribution in [0.4, 0.5) is 17.1 Å². The third kappa shape index (κ3) is 9.66. The van der Waals surface area contributed by atoms with Crippen LogP contribution in [0.2, 0.25) is 0 Å². The molecule has 0 aliphatic carbocycles. The van der Waals surface area contributed by atoms with Crippen LogP contribution in [0.3, 0.4) is 0 Å². The van der Waals surface area contributed by atoms with Gasteiger partial charge < -0.3 is 24.8 Å². The molecular weight excluding hydrogens is 674 g/mol. The molecule has 280 valence electrons. The summed E-state index contributed by atoms with van der Waals surface area (Å²) in [7, 11) is 1.14. The number of carbonyl (C=O) groups is 3. The Kier molecular flexibility index (Phi) is 12.8. The highest BCUT2D eigenvalue weighted by Crippen LogP contribution is 2.39. The standard InChI is InChI=1S/C42H49N3O8/c1-9-40(4,5)30-19-24-36(35(27-30)41(6,7)10-2)52-28(3)25-37(46)43-32-18-14-15-29(26-32)38(47)42(51-8,39(48)44-31-16-12-11-13-17-31)53-34-22-20-33(21-23-34)45(49)50/h11-24,26-28H,9-10,25H2,1-8H3,(H,43,46)(H,44,48). The Balaban J connectivity index is 1.56. The molecule has 0 aliphatic heterocycles. The van der Waals surface area contributed by atoms with Gasteiger partial charge in [0, 0.05) is 41.7 Å². The number of anilines is 2. The fraction of sp³-hybridized carbons (Fsp3) is 0.357. The highest BCUT2D eigenvalue weighted by Gasteiger charge is 2.50. The lowest BCUT2D eigenvalue weighted by atomic mass is 9.76. The van der Waals surface area contributed by atoms with Crippen molar-refractivity contribution >= 4 is 34.7 Å². The molecule has 0 saturated heterocycles. The third-order valence-corrected chi connectivity index (χ3v) is 9.69. The molecule has 0 radical (unpaired) electrons. The fourth-order valence-electron chi connectivity index (χ4n) is 5.60. The number of benzene rings is 4. The zero-order valence-corrected chi connectivity index (χ0v) is 31.6. The average molecular weight is 724 g/mol. The van der Waals surface area contributed by atoms with Crippen molar-refractivity contribution in [3.63, 3.8) is 0 Å². The second kappa shape index (κ2) is 16.9. The number of amides is 2. The number of hydrogen-bond donors (Lipinski definition) is 2. The summed E-state index contributed by atoms with van der Waals surface area (Å²) < 4.78 is 17.9. The summed E-state index contributed by atoms with van der Waals surface area (Å²) in [5.41, 5.74) is 2.65. The summed E-state index contributed by atoms with van der Waals surface area (Å²) in [6.07, 6.45) is 1.44. The number of rotatable bonds is 17. The molecule has 4 aromatic rings. The summed E-state index contributed by atoms with van der Waals surface area (Å²) in [5.74, 6) is -4.00. The lowest BCUT2D eigenvalue weighted by molar-refractivity contribution is -0.384. The molecule has 4 rings (SSSR count). The minimum Gasteiger partial charge on any atom is -0.490 e. The molecule has 2 atom stereocenters. The van der Waals surface area contributed by atoms with E-state index in [4.69, 9.17) is 14.2 Å². The number of nitro benzene ring substituents is 1. The monoisotopic (exact) mass is 723 g/mol. The number of carbonyl (C=O) groups excluding carboxylic acids is 3. The number of nitrogens with one attached hydrogen (secondary N) is 2. The number of ether oxygens (including phenoxy) is 3. The van der Waals surface area contributed by atoms with E-state index in [-0.39, 0.29) is 40.2 Å². The first-order chi connectivity index (χ1) is 25.0. The molecule has 11 heteroatoms. The van der Waals surface area contributed by atoms with E-state index in [1.54, 1.807) is 42.5 Å². The van der Waals surface area contributed by atoms with Crippen LogP contribution in [0, 0.1) is 10.1 Å². The van der Waals surface area contributed by atoms with Gasteiger partial charge in [-0.15, -0.1) is 0 Å². The molecule has 11 nitrogen and oxygen atoms in total. The molecule has 0 bridgehead atoms. The Morgan fingerprint density at radius 3 is 2.04 bits per heavy atom. The van der Waals surface area contributed by atoms with E-state index in [0.29, 0.717) is 11.4 Å². The predicted octanol–water partition coefficient (Wildman–Crippen LogP) is 9.01. The Hall–Kier alpha value is -5.55. The number of nitrogens with zero attached hydrogens (tertiary/aromatic N) is 1. The third-order valence-electron chi connectivity index (χ3n) is 9.69. The summed E-state index contributed by atoms with van der Waals surface area (Å²) in [6, 6.07) is 25.7. The first kappa shape index (κ1) is 40.2. The number of hydrogen-bond acceptors (Lipinski definition) is 8. The van der Waals surface area contributed by atoms with Gasteiger partial charge in [0.05, 0.1) is 11.3 Å². The summed E-state index contributed by atoms with van der Waals surface area (Å²) in [5, 5.41) is 16.7. The van der Waals surface area contributed by atoms with Crippen molar-refractivity contribution in [2.24, 2.45) is 0 Å². The maximum Gasteiger partial charge on any atom is 0.357 e. The molecule has 0 aliphatic rings. The lowest BCUT2D eigenvalue weighted by Gasteiger charge is -2.31. The molecule has 53 heavy (non-hydrogen) atoms. The smallest absolute Gasteiger partial charge is 0.357 e. The van der Waals surface area contributed by atoms with Gasteiger partial charge in [-0.3, -0.25) is 24.5 Å². The van der Waals surface area contributed by atoms with Crippen molar-refractivity contribution in [1.29, 1.82) is 0 Å². The maximum atomic E-state index is 14.2. The van der Waals surface area contributed by atoms with Crippen LogP contribution in [0.5, 0.6) is 11.5 Å². The Bertz CT molecular complexity index is 1920. The van der Waals surface area contributed by atoms with Crippen LogP contribution in [0.1, 0.15) is 89.2 Å². The summed E-state index contributed by atoms with van der Waals surface area (Å²) >= 11 is 0. The quantitative estimate of drug-likeness (QED) is 0.0361. The van der Waals surface area contributed by atoms with Crippen molar-refractivity contribution in [3.8, 4) is 11.5 Å². The van der Waals surface area contributed by atoms with Crippen LogP contribution in [0.25, 0.3) is 0 Å². The summed E-state index contributed by atoms with van der Waals surface area (Å²) in [6.45, 7) is 15.0. The zero-order chi connectivity index (χ0) is 39.0. The highest BCUT2D eigenvalue weighted by atomic mass is 16.7. The number of Topliss-reactive ketones (excluding diaryl/α,β-unsaturated/α-hetero) is 1. The molecule has 0 spiro atoms. The van der Waals surface area contributed by atoms with Gasteiger partial charge in [-0.25, -0.2) is 0 Å². The van der Waals surface area contributed by atoms with Crippen LogP contribution in [-0.4, -0.2) is 41.5 Å². The average Bonchev–Trinajstić information content (AvgIpc) is 3.14. The second-order valence-corrected chi connectivity index (χ2v) is 14.3. The Labute approximate surface area is 311 Å². The van der Waals surface area contributed by atoms with Gasteiger partial charge >= 0.3 is 11.7 Å². The number of non-ortho nitro benzene ring substituents is 1. The van der Waals surface area contributed by atoms with Gasteiger partial charge in [0.2, 0.25) is 11.7 Å². The molecule has 2 unspecified atom stereocenters. The van der Waals surface area contributed by atoms with E-state index >= 15 is 0 Å². The van der Waals surface area contributed by atoms with Crippen molar-refractivity contribution in [2.75, 3.05) is 17.7 Å². The Morgan fingerprint density at radius 2 is 1.43 bits per heavy atom. The lowest BCUT2D eigenvalue weighted by Crippen LogP contribution is -2.56. The van der Waals surface area contributed by atoms with Crippen molar-refractivity contribution in [2.45, 2.75) is 90.4 Å². The normalized spacial score (nSPS) is 13.3. The number of para-hydroxylation sites is 1. The van der Waals surface area contributed by atoms with Crippen molar-refractivity contribution in [1.82, 2.24) is 0 Å². The zero-order valence-electron chi connectivity index (χ0n) is 31.6. The maximum absolute atomic E-state index is 14.2. The molecule has 0 saturated carbocycles. The van der Waals surface area contributed by atoms with E-state index in [9.17, 15) is 24.5 Å². The van der Waals surface area contributed by atoms with Gasteiger partial charge in [-0.1, -0.05) is 84.0 Å². The minimum atomic E-state index is -2.55. The SMILES string of the molecule is CCC(C)(C)c1ccc(OC(C)CC(=O)Nc2cccc(C(=O)C(OC)(Oc3ccc([N+](=O)[O-])cc3)C(=O)Nc3ccccc3)c2)c(C(C)(C)CC)c1. The molecule has 2 N–H and O–H groups in total. The molecule has 4 aromatic carbocycles. The molecular formula is C42H49N3O8. The highest BCUT2D eigenvalue weighted by molar-refractivity contribution is 6.19. The van der Waals surface area contributed by atoms with Crippen LogP contribution < -0.4 is 20.1 Å². The molecule has 0 fully saturated rings. The fourth-order valence-corrected chi connectivity index (χ4v) is 5.60. The van der Waals surface area contributed by atoms with Crippen molar-refractivity contribution in [3.05, 3.63) is 124 Å². The van der Waals surface area contributed by atoms with Crippen molar-refractivity contribution < 1.29 is 33.5 Å². The topological polar surface area (TPSA) is 146 Å². The number of methoxy groups -OCH3 is 1. The van der Waals surface area contributed by atoms with Gasteiger partial charge in [0.15, 0.2) is 0 Å². The van der Waals surface area contributed by atoms with Gasteiger partial charge in [0.1, 0.15) is 17.6 Å². The molecule has 0 heterocycles. The van der Waals surface area contributed by atoms with E-state index < -0.39 is 28.5 Å². The summed E-state index contributed by atoms with van der Waals surface area (Å²) in [4.78, 5) is 52.0. The van der Waals surface area contributed by atoms with Gasteiger partial charge in [0.25, 0.3) is 5.69 Å². The Morgan fingerprint density at radius 1 is 0.792 bits per heavy atom. The van der Waals surface area contributed by atoms with Crippen LogP contribution >= 0.6 is 0 Å². The molecule has 0 aromatic heterocycles. The minimum absolute atomic E-state index is 0.000559. The van der Waals surface area contributed by atoms with E-state index in [1.165, 1.54) is 42.0 Å². The predicted molar refractivity (Wildman–Crippen MR) is 206 cm³/mol. The van der Waals surface area contributed by atoms with Crippen LogP contribution in [0.15, 0.2) is 97.1 Å².